The summed E-state index contributed by atoms with van der Waals surface area (Å²) in [5.41, 5.74) is 0.226. The molecule has 0 amide bonds. The molecule has 2 unspecified atom stereocenters. The van der Waals surface area contributed by atoms with Crippen LogP contribution in [0.15, 0.2) is 12.1 Å². The number of hydrogen-bond donors (Lipinski definition) is 0. The van der Waals surface area contributed by atoms with Gasteiger partial charge in [-0.05, 0) is 30.4 Å². The van der Waals surface area contributed by atoms with Gasteiger partial charge in [-0.2, -0.15) is 0 Å². The molecule has 1 aliphatic rings. The molecule has 1 aromatic carbocycles. The molecule has 1 saturated carbocycles. The molecule has 0 saturated heterocycles. The van der Waals surface area contributed by atoms with E-state index < -0.39 is 5.97 Å². The number of rotatable bonds is 4. The molecule has 0 spiro atoms. The van der Waals surface area contributed by atoms with Crippen LogP contribution in [-0.2, 0) is 4.74 Å². The number of esters is 1. The highest BCUT2D eigenvalue weighted by molar-refractivity contribution is 6.45. The first-order valence-corrected chi connectivity index (χ1v) is 7.94. The lowest BCUT2D eigenvalue weighted by molar-refractivity contribution is 0.0476. The molecule has 110 valence electrons. The Hall–Kier alpha value is -0.440. The normalized spacial score (nSPS) is 22.0. The van der Waals surface area contributed by atoms with Crippen molar-refractivity contribution in [2.24, 2.45) is 11.8 Å². The second-order valence-corrected chi connectivity index (χ2v) is 6.56. The van der Waals surface area contributed by atoms with E-state index in [1.165, 1.54) is 31.4 Å². The Morgan fingerprint density at radius 1 is 1.30 bits per heavy atom. The summed E-state index contributed by atoms with van der Waals surface area (Å²) in [4.78, 5) is 12.0. The fourth-order valence-electron chi connectivity index (χ4n) is 2.74. The van der Waals surface area contributed by atoms with Crippen LogP contribution in [0.2, 0.25) is 15.1 Å². The van der Waals surface area contributed by atoms with Crippen molar-refractivity contribution in [3.05, 3.63) is 32.8 Å². The van der Waals surface area contributed by atoms with Crippen LogP contribution in [0, 0.1) is 11.8 Å². The average molecular weight is 336 g/mol. The molecule has 1 fully saturated rings. The van der Waals surface area contributed by atoms with Crippen LogP contribution in [-0.4, -0.2) is 12.6 Å². The molecule has 0 radical (unpaired) electrons. The van der Waals surface area contributed by atoms with E-state index in [2.05, 4.69) is 6.92 Å². The summed E-state index contributed by atoms with van der Waals surface area (Å²) < 4.78 is 5.29. The first kappa shape index (κ1) is 15.9. The Morgan fingerprint density at radius 3 is 2.70 bits per heavy atom. The third-order valence-electron chi connectivity index (χ3n) is 3.97. The SMILES string of the molecule is CC1CCCC1CCOC(=O)c1cc(Cl)cc(Cl)c1Cl. The van der Waals surface area contributed by atoms with Gasteiger partial charge in [0.15, 0.2) is 0 Å². The smallest absolute Gasteiger partial charge is 0.339 e. The van der Waals surface area contributed by atoms with E-state index in [1.54, 1.807) is 0 Å². The van der Waals surface area contributed by atoms with Gasteiger partial charge in [-0.1, -0.05) is 61.0 Å². The van der Waals surface area contributed by atoms with Crippen molar-refractivity contribution in [2.45, 2.75) is 32.6 Å². The Bertz CT molecular complexity index is 502. The highest BCUT2D eigenvalue weighted by Gasteiger charge is 2.23. The summed E-state index contributed by atoms with van der Waals surface area (Å²) in [6, 6.07) is 2.98. The summed E-state index contributed by atoms with van der Waals surface area (Å²) in [5, 5.41) is 0.821. The Labute approximate surface area is 134 Å². The molecule has 0 aromatic heterocycles. The second-order valence-electron chi connectivity index (χ2n) is 5.34. The van der Waals surface area contributed by atoms with Gasteiger partial charge in [0.25, 0.3) is 0 Å². The topological polar surface area (TPSA) is 26.3 Å². The van der Waals surface area contributed by atoms with Crippen LogP contribution in [0.4, 0.5) is 0 Å². The second kappa shape index (κ2) is 7.02. The quantitative estimate of drug-likeness (QED) is 0.526. The molecule has 1 aliphatic carbocycles. The lowest BCUT2D eigenvalue weighted by Crippen LogP contribution is -2.12. The highest BCUT2D eigenvalue weighted by atomic mass is 35.5. The van der Waals surface area contributed by atoms with Crippen LogP contribution in [0.3, 0.4) is 0 Å². The van der Waals surface area contributed by atoms with Crippen molar-refractivity contribution in [1.29, 1.82) is 0 Å². The van der Waals surface area contributed by atoms with Crippen molar-refractivity contribution in [2.75, 3.05) is 6.61 Å². The number of ether oxygens (including phenoxy) is 1. The zero-order valence-electron chi connectivity index (χ0n) is 11.3. The molecule has 2 atom stereocenters. The minimum absolute atomic E-state index is 0.190. The summed E-state index contributed by atoms with van der Waals surface area (Å²) in [6.07, 6.45) is 4.67. The van der Waals surface area contributed by atoms with Gasteiger partial charge in [-0.3, -0.25) is 0 Å². The van der Waals surface area contributed by atoms with E-state index >= 15 is 0 Å². The van der Waals surface area contributed by atoms with Crippen molar-refractivity contribution < 1.29 is 9.53 Å². The van der Waals surface area contributed by atoms with Gasteiger partial charge in [-0.15, -0.1) is 0 Å². The number of hydrogen-bond acceptors (Lipinski definition) is 2. The van der Waals surface area contributed by atoms with Crippen LogP contribution in [0.5, 0.6) is 0 Å². The monoisotopic (exact) mass is 334 g/mol. The summed E-state index contributed by atoms with van der Waals surface area (Å²) in [7, 11) is 0. The zero-order chi connectivity index (χ0) is 14.7. The van der Waals surface area contributed by atoms with Crippen LogP contribution in [0.25, 0.3) is 0 Å². The third-order valence-corrected chi connectivity index (χ3v) is 4.99. The van der Waals surface area contributed by atoms with Crippen molar-refractivity contribution in [3.63, 3.8) is 0 Å². The van der Waals surface area contributed by atoms with Gasteiger partial charge >= 0.3 is 5.97 Å². The van der Waals surface area contributed by atoms with Gasteiger partial charge in [0, 0.05) is 5.02 Å². The molecule has 2 rings (SSSR count). The molecular formula is C15H17Cl3O2. The third kappa shape index (κ3) is 3.81. The van der Waals surface area contributed by atoms with Crippen LogP contribution >= 0.6 is 34.8 Å². The van der Waals surface area contributed by atoms with Crippen LogP contribution < -0.4 is 0 Å². The molecule has 20 heavy (non-hydrogen) atoms. The molecule has 0 N–H and O–H groups in total. The van der Waals surface area contributed by atoms with E-state index in [9.17, 15) is 4.79 Å². The van der Waals surface area contributed by atoms with E-state index in [4.69, 9.17) is 39.5 Å². The zero-order valence-corrected chi connectivity index (χ0v) is 13.6. The minimum Gasteiger partial charge on any atom is -0.462 e. The number of carbonyl (C=O) groups excluding carboxylic acids is 1. The van der Waals surface area contributed by atoms with Crippen LogP contribution in [0.1, 0.15) is 43.0 Å². The van der Waals surface area contributed by atoms with Gasteiger partial charge in [0.2, 0.25) is 0 Å². The van der Waals surface area contributed by atoms with Gasteiger partial charge < -0.3 is 4.74 Å². The highest BCUT2D eigenvalue weighted by Crippen LogP contribution is 2.34. The Balaban J connectivity index is 1.92. The molecular weight excluding hydrogens is 319 g/mol. The fraction of sp³-hybridized carbons (Fsp3) is 0.533. The maximum Gasteiger partial charge on any atom is 0.339 e. The molecule has 2 nitrogen and oxygen atoms in total. The molecule has 0 aliphatic heterocycles. The average Bonchev–Trinajstić information content (AvgIpc) is 2.79. The summed E-state index contributed by atoms with van der Waals surface area (Å²) in [6.45, 7) is 2.67. The molecule has 0 heterocycles. The van der Waals surface area contributed by atoms with Crippen molar-refractivity contribution in [3.8, 4) is 0 Å². The standard InChI is InChI=1S/C15H17Cl3O2/c1-9-3-2-4-10(9)5-6-20-15(19)12-7-11(16)8-13(17)14(12)18/h7-10H,2-6H2,1H3. The number of benzene rings is 1. The maximum absolute atomic E-state index is 12.0. The fourth-order valence-corrected chi connectivity index (χ4v) is 3.42. The van der Waals surface area contributed by atoms with E-state index in [1.807, 2.05) is 0 Å². The van der Waals surface area contributed by atoms with E-state index in [0.717, 1.165) is 12.3 Å². The molecule has 1 aromatic rings. The van der Waals surface area contributed by atoms with Gasteiger partial charge in [0.1, 0.15) is 0 Å². The number of halogens is 3. The molecule has 5 heteroatoms. The predicted molar refractivity (Wildman–Crippen MR) is 82.9 cm³/mol. The minimum atomic E-state index is -0.468. The largest absolute Gasteiger partial charge is 0.462 e. The first-order valence-electron chi connectivity index (χ1n) is 6.80. The van der Waals surface area contributed by atoms with Crippen molar-refractivity contribution in [1.82, 2.24) is 0 Å². The summed E-state index contributed by atoms with van der Waals surface area (Å²) in [5.74, 6) is 0.907. The molecule has 0 bridgehead atoms. The maximum atomic E-state index is 12.0. The van der Waals surface area contributed by atoms with Gasteiger partial charge in [0.05, 0.1) is 22.2 Å². The first-order chi connectivity index (χ1) is 9.49. The van der Waals surface area contributed by atoms with Gasteiger partial charge in [-0.25, -0.2) is 4.79 Å². The van der Waals surface area contributed by atoms with E-state index in [0.29, 0.717) is 17.5 Å². The Kier molecular flexibility index (Phi) is 5.59. The summed E-state index contributed by atoms with van der Waals surface area (Å²) >= 11 is 17.8. The van der Waals surface area contributed by atoms with E-state index in [-0.39, 0.29) is 15.6 Å². The Morgan fingerprint density at radius 2 is 2.05 bits per heavy atom. The van der Waals surface area contributed by atoms with Crippen molar-refractivity contribution >= 4 is 40.8 Å². The lowest BCUT2D eigenvalue weighted by Gasteiger charge is -2.15. The lowest BCUT2D eigenvalue weighted by atomic mass is 9.95. The number of carbonyl (C=O) groups is 1. The predicted octanol–water partition coefficient (Wildman–Crippen LogP) is 5.63.